The average molecular weight is 627 g/mol. The van der Waals surface area contributed by atoms with E-state index in [0.29, 0.717) is 0 Å². The molecule has 0 unspecified atom stereocenters. The van der Waals surface area contributed by atoms with Crippen LogP contribution in [0, 0.1) is 0 Å². The maximum absolute atomic E-state index is 6.56. The molecule has 0 aliphatic carbocycles. The van der Waals surface area contributed by atoms with Crippen molar-refractivity contribution in [1.82, 2.24) is 0 Å². The fourth-order valence-corrected chi connectivity index (χ4v) is 8.00. The highest BCUT2D eigenvalue weighted by molar-refractivity contribution is 6.24. The Morgan fingerprint density at radius 3 is 1.78 bits per heavy atom. The van der Waals surface area contributed by atoms with Gasteiger partial charge in [-0.15, -0.1) is 0 Å². The first-order chi connectivity index (χ1) is 24.3. The molecule has 11 rings (SSSR count). The SMILES string of the molecule is c1ccc(-c2c3ccccc3c(-c3ccc4ccoc4c3)c3ccccc23)c(-c2ccc3oc4c(ccc5oc6ccccc6c54)c3c2)c1. The number of para-hydroxylation sites is 1. The molecule has 8 aromatic carbocycles. The number of fused-ring (bicyclic) bond motifs is 10. The Bertz CT molecular complexity index is 3060. The first-order valence-electron chi connectivity index (χ1n) is 16.6. The van der Waals surface area contributed by atoms with Crippen LogP contribution in [0.2, 0.25) is 0 Å². The summed E-state index contributed by atoms with van der Waals surface area (Å²) >= 11 is 0. The molecule has 0 bridgehead atoms. The first kappa shape index (κ1) is 26.5. The Morgan fingerprint density at radius 2 is 0.980 bits per heavy atom. The fourth-order valence-electron chi connectivity index (χ4n) is 8.00. The van der Waals surface area contributed by atoms with Gasteiger partial charge in [0.15, 0.2) is 0 Å². The summed E-state index contributed by atoms with van der Waals surface area (Å²) in [5.41, 5.74) is 11.4. The minimum atomic E-state index is 0.838. The minimum Gasteiger partial charge on any atom is -0.464 e. The first-order valence-corrected chi connectivity index (χ1v) is 16.6. The van der Waals surface area contributed by atoms with Crippen LogP contribution < -0.4 is 0 Å². The third kappa shape index (κ3) is 3.78. The second kappa shape index (κ2) is 9.96. The third-order valence-corrected chi connectivity index (χ3v) is 10.2. The Labute approximate surface area is 280 Å². The molecule has 0 N–H and O–H groups in total. The molecule has 49 heavy (non-hydrogen) atoms. The Morgan fingerprint density at radius 1 is 0.347 bits per heavy atom. The van der Waals surface area contributed by atoms with Gasteiger partial charge in [-0.1, -0.05) is 109 Å². The Kier molecular flexibility index (Phi) is 5.38. The summed E-state index contributed by atoms with van der Waals surface area (Å²) in [7, 11) is 0. The van der Waals surface area contributed by atoms with Crippen molar-refractivity contribution in [2.75, 3.05) is 0 Å². The quantitative estimate of drug-likeness (QED) is 0.183. The fraction of sp³-hybridized carbons (Fsp3) is 0. The van der Waals surface area contributed by atoms with Gasteiger partial charge in [0, 0.05) is 21.5 Å². The van der Waals surface area contributed by atoms with Crippen molar-refractivity contribution in [2.24, 2.45) is 0 Å². The summed E-state index contributed by atoms with van der Waals surface area (Å²) in [4.78, 5) is 0. The third-order valence-electron chi connectivity index (χ3n) is 10.2. The van der Waals surface area contributed by atoms with E-state index in [9.17, 15) is 0 Å². The molecule has 3 heterocycles. The van der Waals surface area contributed by atoms with E-state index in [-0.39, 0.29) is 0 Å². The van der Waals surface area contributed by atoms with Crippen LogP contribution in [0.3, 0.4) is 0 Å². The summed E-state index contributed by atoms with van der Waals surface area (Å²) in [6.45, 7) is 0. The highest BCUT2D eigenvalue weighted by Gasteiger charge is 2.21. The predicted octanol–water partition coefficient (Wildman–Crippen LogP) is 13.5. The van der Waals surface area contributed by atoms with Crippen LogP contribution in [-0.2, 0) is 0 Å². The number of rotatable bonds is 3. The lowest BCUT2D eigenvalue weighted by Gasteiger charge is -2.19. The zero-order valence-electron chi connectivity index (χ0n) is 26.2. The summed E-state index contributed by atoms with van der Waals surface area (Å²) in [6, 6.07) is 53.8. The van der Waals surface area contributed by atoms with Gasteiger partial charge in [0.05, 0.1) is 11.6 Å². The molecular weight excluding hydrogens is 601 g/mol. The normalized spacial score (nSPS) is 12.1. The number of hydrogen-bond acceptors (Lipinski definition) is 3. The topological polar surface area (TPSA) is 39.4 Å². The molecule has 0 fully saturated rings. The van der Waals surface area contributed by atoms with Crippen molar-refractivity contribution in [3.05, 3.63) is 158 Å². The molecule has 228 valence electrons. The van der Waals surface area contributed by atoms with Crippen molar-refractivity contribution in [3.63, 3.8) is 0 Å². The highest BCUT2D eigenvalue weighted by Crippen LogP contribution is 2.47. The lowest BCUT2D eigenvalue weighted by Crippen LogP contribution is -1.92. The van der Waals surface area contributed by atoms with Crippen molar-refractivity contribution in [1.29, 1.82) is 0 Å². The van der Waals surface area contributed by atoms with Crippen LogP contribution in [0.1, 0.15) is 0 Å². The minimum absolute atomic E-state index is 0.838. The zero-order chi connectivity index (χ0) is 32.1. The van der Waals surface area contributed by atoms with Crippen LogP contribution in [0.4, 0.5) is 0 Å². The van der Waals surface area contributed by atoms with Gasteiger partial charge in [-0.25, -0.2) is 0 Å². The molecule has 0 saturated carbocycles. The molecule has 0 saturated heterocycles. The smallest absolute Gasteiger partial charge is 0.147 e. The van der Waals surface area contributed by atoms with Crippen molar-refractivity contribution >= 4 is 76.4 Å². The van der Waals surface area contributed by atoms with Gasteiger partial charge in [-0.05, 0) is 97.4 Å². The zero-order valence-corrected chi connectivity index (χ0v) is 26.2. The van der Waals surface area contributed by atoms with Gasteiger partial charge in [-0.3, -0.25) is 0 Å². The molecule has 0 spiro atoms. The standard InChI is InChI=1S/C46H26O3/c1-2-10-31(30(9-1)28-19-21-40-38(25-28)36-20-22-41-45(46(36)49-40)37-15-7-8-16-39(37)48-41)44-34-13-5-3-11-32(34)43(33-12-4-6-14-35(33)44)29-18-17-27-23-24-47-42(27)26-29/h1-26H. The summed E-state index contributed by atoms with van der Waals surface area (Å²) in [5.74, 6) is 0. The monoisotopic (exact) mass is 626 g/mol. The summed E-state index contributed by atoms with van der Waals surface area (Å²) < 4.78 is 18.6. The highest BCUT2D eigenvalue weighted by atomic mass is 16.3. The van der Waals surface area contributed by atoms with Gasteiger partial charge >= 0.3 is 0 Å². The van der Waals surface area contributed by atoms with Gasteiger partial charge in [0.25, 0.3) is 0 Å². The molecule has 11 aromatic rings. The van der Waals surface area contributed by atoms with Gasteiger partial charge < -0.3 is 13.3 Å². The predicted molar refractivity (Wildman–Crippen MR) is 202 cm³/mol. The Balaban J connectivity index is 1.17. The molecular formula is C46H26O3. The van der Waals surface area contributed by atoms with E-state index in [2.05, 4.69) is 127 Å². The van der Waals surface area contributed by atoms with E-state index in [1.165, 1.54) is 43.8 Å². The van der Waals surface area contributed by atoms with Crippen molar-refractivity contribution in [2.45, 2.75) is 0 Å². The summed E-state index contributed by atoms with van der Waals surface area (Å²) in [5, 5.41) is 10.2. The lowest BCUT2D eigenvalue weighted by molar-refractivity contribution is 0.616. The summed E-state index contributed by atoms with van der Waals surface area (Å²) in [6.07, 6.45) is 1.76. The van der Waals surface area contributed by atoms with E-state index in [1.807, 2.05) is 24.3 Å². The van der Waals surface area contributed by atoms with E-state index in [4.69, 9.17) is 13.3 Å². The second-order valence-corrected chi connectivity index (χ2v) is 12.8. The van der Waals surface area contributed by atoms with Crippen LogP contribution in [0.5, 0.6) is 0 Å². The molecule has 0 amide bonds. The molecule has 3 aromatic heterocycles. The van der Waals surface area contributed by atoms with Crippen molar-refractivity contribution < 1.29 is 13.3 Å². The maximum atomic E-state index is 6.56. The van der Waals surface area contributed by atoms with Crippen molar-refractivity contribution in [3.8, 4) is 33.4 Å². The van der Waals surface area contributed by atoms with Gasteiger partial charge in [-0.2, -0.15) is 0 Å². The molecule has 3 nitrogen and oxygen atoms in total. The molecule has 0 aliphatic heterocycles. The number of benzene rings is 8. The maximum Gasteiger partial charge on any atom is 0.147 e. The molecule has 0 radical (unpaired) electrons. The van der Waals surface area contributed by atoms with E-state index < -0.39 is 0 Å². The lowest BCUT2D eigenvalue weighted by atomic mass is 9.83. The van der Waals surface area contributed by atoms with Crippen LogP contribution >= 0.6 is 0 Å². The van der Waals surface area contributed by atoms with E-state index in [0.717, 1.165) is 66.0 Å². The average Bonchev–Trinajstić information content (AvgIpc) is 3.88. The Hall–Kier alpha value is -6.58. The second-order valence-electron chi connectivity index (χ2n) is 12.8. The molecule has 0 atom stereocenters. The molecule has 3 heteroatoms. The number of furan rings is 3. The number of hydrogen-bond donors (Lipinski definition) is 0. The van der Waals surface area contributed by atoms with E-state index in [1.54, 1.807) is 6.26 Å². The largest absolute Gasteiger partial charge is 0.464 e. The van der Waals surface area contributed by atoms with Gasteiger partial charge in [0.1, 0.15) is 27.9 Å². The van der Waals surface area contributed by atoms with Crippen LogP contribution in [0.25, 0.3) is 110 Å². The molecule has 0 aliphatic rings. The van der Waals surface area contributed by atoms with Gasteiger partial charge in [0.2, 0.25) is 0 Å². The van der Waals surface area contributed by atoms with E-state index >= 15 is 0 Å². The van der Waals surface area contributed by atoms with Crippen LogP contribution in [0.15, 0.2) is 171 Å². The van der Waals surface area contributed by atoms with Crippen LogP contribution in [-0.4, -0.2) is 0 Å².